The maximum Gasteiger partial charge on any atom is 0.234 e. The third kappa shape index (κ3) is 3.90. The zero-order valence-electron chi connectivity index (χ0n) is 14.7. The average molecular weight is 377 g/mol. The van der Waals surface area contributed by atoms with E-state index in [0.29, 0.717) is 32.4 Å². The van der Waals surface area contributed by atoms with Crippen LogP contribution < -0.4 is 5.32 Å². The molecular formula is C18H23N3O4S. The number of para-hydroxylation sites is 1. The summed E-state index contributed by atoms with van der Waals surface area (Å²) in [6.07, 6.45) is 2.89. The first-order valence-corrected chi connectivity index (χ1v) is 10.4. The number of nitrogens with zero attached hydrogens (tertiary/aromatic N) is 1. The van der Waals surface area contributed by atoms with Crippen LogP contribution in [0.4, 0.5) is 0 Å². The number of carbonyl (C=O) groups is 2. The molecule has 1 aromatic heterocycles. The van der Waals surface area contributed by atoms with Crippen molar-refractivity contribution in [3.05, 3.63) is 36.0 Å². The van der Waals surface area contributed by atoms with Gasteiger partial charge in [0.25, 0.3) is 0 Å². The summed E-state index contributed by atoms with van der Waals surface area (Å²) in [5.74, 6) is -0.989. The maximum atomic E-state index is 12.6. The monoisotopic (exact) mass is 377 g/mol. The quantitative estimate of drug-likeness (QED) is 0.807. The minimum absolute atomic E-state index is 0.00287. The molecule has 0 bridgehead atoms. The number of nitrogens with one attached hydrogen (secondary N) is 2. The van der Waals surface area contributed by atoms with E-state index in [1.807, 2.05) is 30.5 Å². The number of sulfone groups is 1. The Labute approximate surface area is 152 Å². The number of aromatic amines is 1. The molecular weight excluding hydrogens is 354 g/mol. The lowest BCUT2D eigenvalue weighted by Gasteiger charge is -2.31. The fourth-order valence-electron chi connectivity index (χ4n) is 3.39. The highest BCUT2D eigenvalue weighted by atomic mass is 32.2. The lowest BCUT2D eigenvalue weighted by Crippen LogP contribution is -2.44. The van der Waals surface area contributed by atoms with Crippen molar-refractivity contribution in [1.82, 2.24) is 15.2 Å². The van der Waals surface area contributed by atoms with Gasteiger partial charge in [-0.15, -0.1) is 0 Å². The van der Waals surface area contributed by atoms with Crippen LogP contribution in [0.25, 0.3) is 10.9 Å². The van der Waals surface area contributed by atoms with E-state index in [2.05, 4.69) is 10.3 Å². The molecule has 1 aliphatic heterocycles. The largest absolute Gasteiger partial charge is 0.361 e. The van der Waals surface area contributed by atoms with Crippen molar-refractivity contribution in [2.45, 2.75) is 24.5 Å². The van der Waals surface area contributed by atoms with E-state index >= 15 is 0 Å². The lowest BCUT2D eigenvalue weighted by molar-refractivity contribution is -0.131. The van der Waals surface area contributed by atoms with E-state index < -0.39 is 26.7 Å². The third-order valence-electron chi connectivity index (χ3n) is 4.93. The molecule has 7 nitrogen and oxygen atoms in total. The van der Waals surface area contributed by atoms with Crippen LogP contribution in [0.5, 0.6) is 0 Å². The Morgan fingerprint density at radius 3 is 2.62 bits per heavy atom. The van der Waals surface area contributed by atoms with Crippen LogP contribution >= 0.6 is 0 Å². The Kier molecular flexibility index (Phi) is 5.31. The number of rotatable bonds is 5. The predicted molar refractivity (Wildman–Crippen MR) is 99.5 cm³/mol. The molecule has 8 heteroatoms. The van der Waals surface area contributed by atoms with Crippen molar-refractivity contribution in [2.24, 2.45) is 0 Å². The van der Waals surface area contributed by atoms with E-state index in [1.54, 1.807) is 4.90 Å². The molecule has 1 aliphatic rings. The first-order chi connectivity index (χ1) is 12.4. The van der Waals surface area contributed by atoms with E-state index in [9.17, 15) is 18.0 Å². The molecule has 2 heterocycles. The van der Waals surface area contributed by atoms with Gasteiger partial charge in [0.15, 0.2) is 9.84 Å². The van der Waals surface area contributed by atoms with E-state index in [-0.39, 0.29) is 5.91 Å². The van der Waals surface area contributed by atoms with Crippen molar-refractivity contribution in [2.75, 3.05) is 25.9 Å². The molecule has 0 saturated carbocycles. The van der Waals surface area contributed by atoms with Gasteiger partial charge in [-0.3, -0.25) is 9.59 Å². The molecule has 0 spiro atoms. The van der Waals surface area contributed by atoms with Gasteiger partial charge < -0.3 is 15.2 Å². The van der Waals surface area contributed by atoms with Gasteiger partial charge >= 0.3 is 0 Å². The molecule has 1 fully saturated rings. The summed E-state index contributed by atoms with van der Waals surface area (Å²) in [7, 11) is -2.06. The Bertz CT molecular complexity index is 911. The number of aromatic nitrogens is 1. The molecule has 3 rings (SSSR count). The summed E-state index contributed by atoms with van der Waals surface area (Å²) < 4.78 is 24.5. The number of hydrogen-bond donors (Lipinski definition) is 2. The number of carbonyl (C=O) groups excluding carboxylic acids is 2. The molecule has 2 amide bonds. The molecule has 0 unspecified atom stereocenters. The summed E-state index contributed by atoms with van der Waals surface area (Å²) >= 11 is 0. The molecule has 2 aromatic rings. The Morgan fingerprint density at radius 1 is 1.23 bits per heavy atom. The predicted octanol–water partition coefficient (Wildman–Crippen LogP) is 0.862. The first kappa shape index (κ1) is 18.4. The highest BCUT2D eigenvalue weighted by molar-refractivity contribution is 7.92. The number of H-pyrrole nitrogens is 1. The number of benzene rings is 1. The normalized spacial score (nSPS) is 16.0. The minimum atomic E-state index is -3.48. The van der Waals surface area contributed by atoms with Crippen LogP contribution in [-0.2, 0) is 25.8 Å². The van der Waals surface area contributed by atoms with Gasteiger partial charge in [-0.2, -0.15) is 0 Å². The first-order valence-electron chi connectivity index (χ1n) is 8.65. The van der Waals surface area contributed by atoms with Crippen LogP contribution in [0, 0.1) is 0 Å². The molecule has 26 heavy (non-hydrogen) atoms. The van der Waals surface area contributed by atoms with Gasteiger partial charge in [-0.25, -0.2) is 8.42 Å². The Balaban J connectivity index is 1.59. The van der Waals surface area contributed by atoms with Crippen molar-refractivity contribution >= 4 is 32.6 Å². The van der Waals surface area contributed by atoms with E-state index in [1.165, 1.54) is 7.05 Å². The van der Waals surface area contributed by atoms with Crippen molar-refractivity contribution < 1.29 is 18.0 Å². The number of amides is 2. The maximum absolute atomic E-state index is 12.6. The highest BCUT2D eigenvalue weighted by Gasteiger charge is 2.32. The topological polar surface area (TPSA) is 99.3 Å². The molecule has 1 aromatic carbocycles. The average Bonchev–Trinajstić information content (AvgIpc) is 3.04. The highest BCUT2D eigenvalue weighted by Crippen LogP contribution is 2.22. The van der Waals surface area contributed by atoms with E-state index in [0.717, 1.165) is 16.5 Å². The summed E-state index contributed by atoms with van der Waals surface area (Å²) in [5, 5.41) is 2.81. The van der Waals surface area contributed by atoms with Crippen molar-refractivity contribution in [1.29, 1.82) is 0 Å². The van der Waals surface area contributed by atoms with Gasteiger partial charge in [0.2, 0.25) is 11.8 Å². The second-order valence-corrected chi connectivity index (χ2v) is 8.88. The van der Waals surface area contributed by atoms with Crippen LogP contribution in [-0.4, -0.2) is 61.3 Å². The fourth-order valence-corrected chi connectivity index (χ4v) is 5.06. The van der Waals surface area contributed by atoms with Gasteiger partial charge in [0.1, 0.15) is 5.75 Å². The summed E-state index contributed by atoms with van der Waals surface area (Å²) in [6.45, 7) is 0.803. The van der Waals surface area contributed by atoms with E-state index in [4.69, 9.17) is 0 Å². The number of fused-ring (bicyclic) bond motifs is 1. The molecule has 1 saturated heterocycles. The van der Waals surface area contributed by atoms with Crippen LogP contribution in [0.3, 0.4) is 0 Å². The van der Waals surface area contributed by atoms with Gasteiger partial charge in [0.05, 0.1) is 11.7 Å². The molecule has 0 radical (unpaired) electrons. The minimum Gasteiger partial charge on any atom is -0.361 e. The smallest absolute Gasteiger partial charge is 0.234 e. The van der Waals surface area contributed by atoms with Crippen LogP contribution in [0.1, 0.15) is 18.4 Å². The number of likely N-dealkylation sites (tertiary alicyclic amines) is 1. The number of piperidine rings is 1. The molecule has 140 valence electrons. The zero-order valence-corrected chi connectivity index (χ0v) is 15.5. The van der Waals surface area contributed by atoms with Crippen molar-refractivity contribution in [3.8, 4) is 0 Å². The molecule has 0 aliphatic carbocycles. The molecule has 2 N–H and O–H groups in total. The van der Waals surface area contributed by atoms with Crippen molar-refractivity contribution in [3.63, 3.8) is 0 Å². The summed E-state index contributed by atoms with van der Waals surface area (Å²) in [4.78, 5) is 28.8. The lowest BCUT2D eigenvalue weighted by atomic mass is 10.1. The molecule has 0 atom stereocenters. The Morgan fingerprint density at radius 2 is 1.92 bits per heavy atom. The Hall–Kier alpha value is -2.35. The second kappa shape index (κ2) is 7.49. The standard InChI is InChI=1S/C18H23N3O4S/c1-19-17(22)12-26(24,25)14-6-8-21(9-7-14)18(23)10-13-11-20-16-5-3-2-4-15(13)16/h2-5,11,14,20H,6-10,12H2,1H3,(H,19,22). The number of hydrogen-bond acceptors (Lipinski definition) is 4. The van der Waals surface area contributed by atoms with Gasteiger partial charge in [-0.05, 0) is 24.5 Å². The van der Waals surface area contributed by atoms with Crippen LogP contribution in [0.2, 0.25) is 0 Å². The third-order valence-corrected chi connectivity index (χ3v) is 7.08. The van der Waals surface area contributed by atoms with Gasteiger partial charge in [0, 0.05) is 37.2 Å². The summed E-state index contributed by atoms with van der Waals surface area (Å²) in [6, 6.07) is 7.82. The fraction of sp³-hybridized carbons (Fsp3) is 0.444. The van der Waals surface area contributed by atoms with Gasteiger partial charge in [-0.1, -0.05) is 18.2 Å². The second-order valence-electron chi connectivity index (χ2n) is 6.60. The summed E-state index contributed by atoms with van der Waals surface area (Å²) in [5.41, 5.74) is 1.94. The van der Waals surface area contributed by atoms with Crippen LogP contribution in [0.15, 0.2) is 30.5 Å². The SMILES string of the molecule is CNC(=O)CS(=O)(=O)C1CCN(C(=O)Cc2c[nH]c3ccccc23)CC1. The zero-order chi connectivity index (χ0) is 18.7.